The Morgan fingerprint density at radius 3 is 2.36 bits per heavy atom. The third-order valence-electron chi connectivity index (χ3n) is 4.61. The molecular formula is C23H34N4O. The fourth-order valence-corrected chi connectivity index (χ4v) is 2.83. The van der Waals surface area contributed by atoms with Gasteiger partial charge in [-0.05, 0) is 30.2 Å². The fourth-order valence-electron chi connectivity index (χ4n) is 2.83. The number of rotatable bonds is 10. The zero-order valence-corrected chi connectivity index (χ0v) is 17.6. The van der Waals surface area contributed by atoms with E-state index in [9.17, 15) is 0 Å². The summed E-state index contributed by atoms with van der Waals surface area (Å²) in [4.78, 5) is 4.74. The molecular weight excluding hydrogens is 348 g/mol. The van der Waals surface area contributed by atoms with Gasteiger partial charge in [0.2, 0.25) is 0 Å². The number of guanidine groups is 1. The number of methoxy groups -OCH3 is 1. The van der Waals surface area contributed by atoms with Crippen LogP contribution in [0.25, 0.3) is 0 Å². The normalized spacial score (nSPS) is 11.9. The van der Waals surface area contributed by atoms with E-state index in [4.69, 9.17) is 9.73 Å². The maximum Gasteiger partial charge on any atom is 0.191 e. The van der Waals surface area contributed by atoms with Gasteiger partial charge >= 0.3 is 0 Å². The first-order chi connectivity index (χ1) is 13.5. The monoisotopic (exact) mass is 382 g/mol. The lowest BCUT2D eigenvalue weighted by molar-refractivity contribution is 0.211. The second-order valence-electron chi connectivity index (χ2n) is 7.42. The smallest absolute Gasteiger partial charge is 0.191 e. The number of nitrogens with zero attached hydrogens (tertiary/aromatic N) is 1. The second-order valence-corrected chi connectivity index (χ2v) is 7.42. The minimum Gasteiger partial charge on any atom is -0.383 e. The molecule has 2 aromatic carbocycles. The second kappa shape index (κ2) is 11.3. The fraction of sp³-hybridized carbons (Fsp3) is 0.435. The third kappa shape index (κ3) is 7.24. The zero-order valence-electron chi connectivity index (χ0n) is 17.6. The lowest BCUT2D eigenvalue weighted by Crippen LogP contribution is -2.43. The molecule has 0 aromatic heterocycles. The number of aliphatic imine (C=N–C) groups is 1. The molecule has 0 fully saturated rings. The predicted molar refractivity (Wildman–Crippen MR) is 119 cm³/mol. The topological polar surface area (TPSA) is 57.7 Å². The van der Waals surface area contributed by atoms with E-state index in [1.165, 1.54) is 11.1 Å². The molecule has 0 saturated carbocycles. The molecule has 0 saturated heterocycles. The Hall–Kier alpha value is -2.53. The van der Waals surface area contributed by atoms with Crippen LogP contribution in [0.4, 0.5) is 5.69 Å². The largest absolute Gasteiger partial charge is 0.383 e. The van der Waals surface area contributed by atoms with Crippen molar-refractivity contribution < 1.29 is 4.74 Å². The molecule has 0 unspecified atom stereocenters. The SMILES string of the molecule is CCNC(=NCc1ccc(NCCOC)cc1)NCC(C)(C)c1ccccc1. The summed E-state index contributed by atoms with van der Waals surface area (Å²) in [5.41, 5.74) is 3.61. The number of nitrogens with one attached hydrogen (secondary N) is 3. The maximum absolute atomic E-state index is 5.06. The summed E-state index contributed by atoms with van der Waals surface area (Å²) in [6.07, 6.45) is 0. The molecule has 2 rings (SSSR count). The van der Waals surface area contributed by atoms with E-state index >= 15 is 0 Å². The number of hydrogen-bond donors (Lipinski definition) is 3. The van der Waals surface area contributed by atoms with Crippen LogP contribution in [0.2, 0.25) is 0 Å². The molecule has 28 heavy (non-hydrogen) atoms. The van der Waals surface area contributed by atoms with Gasteiger partial charge in [0.15, 0.2) is 5.96 Å². The molecule has 152 valence electrons. The molecule has 5 nitrogen and oxygen atoms in total. The highest BCUT2D eigenvalue weighted by Gasteiger charge is 2.20. The van der Waals surface area contributed by atoms with Gasteiger partial charge in [-0.1, -0.05) is 56.3 Å². The highest BCUT2D eigenvalue weighted by molar-refractivity contribution is 5.79. The number of hydrogen-bond acceptors (Lipinski definition) is 3. The first-order valence-electron chi connectivity index (χ1n) is 9.94. The van der Waals surface area contributed by atoms with Crippen molar-refractivity contribution >= 4 is 11.6 Å². The van der Waals surface area contributed by atoms with Crippen molar-refractivity contribution in [3.63, 3.8) is 0 Å². The Bertz CT molecular complexity index is 711. The molecule has 0 radical (unpaired) electrons. The first kappa shape index (κ1) is 21.8. The van der Waals surface area contributed by atoms with Gasteiger partial charge in [0.25, 0.3) is 0 Å². The molecule has 2 aromatic rings. The van der Waals surface area contributed by atoms with Crippen LogP contribution in [0.15, 0.2) is 59.6 Å². The van der Waals surface area contributed by atoms with Crippen LogP contribution in [-0.4, -0.2) is 39.3 Å². The molecule has 0 aliphatic carbocycles. The number of anilines is 1. The van der Waals surface area contributed by atoms with Crippen molar-refractivity contribution in [3.05, 3.63) is 65.7 Å². The predicted octanol–water partition coefficient (Wildman–Crippen LogP) is 3.78. The van der Waals surface area contributed by atoms with Crippen molar-refractivity contribution in [3.8, 4) is 0 Å². The Kier molecular flexibility index (Phi) is 8.82. The van der Waals surface area contributed by atoms with Crippen molar-refractivity contribution in [2.24, 2.45) is 4.99 Å². The van der Waals surface area contributed by atoms with Crippen LogP contribution >= 0.6 is 0 Å². The van der Waals surface area contributed by atoms with E-state index < -0.39 is 0 Å². The van der Waals surface area contributed by atoms with E-state index in [1.54, 1.807) is 7.11 Å². The van der Waals surface area contributed by atoms with Crippen LogP contribution in [0.5, 0.6) is 0 Å². The Morgan fingerprint density at radius 1 is 1.00 bits per heavy atom. The van der Waals surface area contributed by atoms with E-state index in [2.05, 4.69) is 91.3 Å². The average Bonchev–Trinajstić information content (AvgIpc) is 2.72. The molecule has 0 bridgehead atoms. The van der Waals surface area contributed by atoms with Gasteiger partial charge in [-0.3, -0.25) is 0 Å². The van der Waals surface area contributed by atoms with Crippen LogP contribution in [0.1, 0.15) is 31.9 Å². The van der Waals surface area contributed by atoms with Crippen LogP contribution in [0, 0.1) is 0 Å². The summed E-state index contributed by atoms with van der Waals surface area (Å²) in [6.45, 7) is 10.4. The standard InChI is InChI=1S/C23H34N4O/c1-5-24-22(27-18-23(2,3)20-9-7-6-8-10-20)26-17-19-11-13-21(14-12-19)25-15-16-28-4/h6-14,25H,5,15-18H2,1-4H3,(H2,24,26,27). The molecule has 3 N–H and O–H groups in total. The van der Waals surface area contributed by atoms with Crippen molar-refractivity contribution in [1.29, 1.82) is 0 Å². The number of ether oxygens (including phenoxy) is 1. The lowest BCUT2D eigenvalue weighted by atomic mass is 9.85. The summed E-state index contributed by atoms with van der Waals surface area (Å²) in [5, 5.41) is 10.1. The van der Waals surface area contributed by atoms with Gasteiger partial charge in [-0.15, -0.1) is 0 Å². The molecule has 5 heteroatoms. The Balaban J connectivity index is 1.92. The van der Waals surface area contributed by atoms with E-state index in [0.29, 0.717) is 13.2 Å². The number of benzene rings is 2. The van der Waals surface area contributed by atoms with Crippen molar-refractivity contribution in [1.82, 2.24) is 10.6 Å². The van der Waals surface area contributed by atoms with Crippen molar-refractivity contribution in [2.75, 3.05) is 38.7 Å². The zero-order chi connectivity index (χ0) is 20.2. The van der Waals surface area contributed by atoms with Gasteiger partial charge in [0.1, 0.15) is 0 Å². The van der Waals surface area contributed by atoms with Crippen LogP contribution < -0.4 is 16.0 Å². The van der Waals surface area contributed by atoms with E-state index in [1.807, 2.05) is 0 Å². The summed E-state index contributed by atoms with van der Waals surface area (Å²) in [5.74, 6) is 0.841. The summed E-state index contributed by atoms with van der Waals surface area (Å²) in [7, 11) is 1.71. The molecule has 0 heterocycles. The van der Waals surface area contributed by atoms with Gasteiger partial charge in [0.05, 0.1) is 13.2 Å². The highest BCUT2D eigenvalue weighted by atomic mass is 16.5. The minimum absolute atomic E-state index is 0.0208. The summed E-state index contributed by atoms with van der Waals surface area (Å²) < 4.78 is 5.06. The van der Waals surface area contributed by atoms with E-state index in [-0.39, 0.29) is 5.41 Å². The molecule has 0 aliphatic rings. The van der Waals surface area contributed by atoms with Crippen LogP contribution in [0.3, 0.4) is 0 Å². The molecule has 0 amide bonds. The average molecular weight is 383 g/mol. The van der Waals surface area contributed by atoms with Crippen LogP contribution in [-0.2, 0) is 16.7 Å². The maximum atomic E-state index is 5.06. The van der Waals surface area contributed by atoms with Gasteiger partial charge in [0, 0.05) is 37.8 Å². The summed E-state index contributed by atoms with van der Waals surface area (Å²) in [6, 6.07) is 19.0. The van der Waals surface area contributed by atoms with Gasteiger partial charge < -0.3 is 20.7 Å². The Morgan fingerprint density at radius 2 is 1.71 bits per heavy atom. The third-order valence-corrected chi connectivity index (χ3v) is 4.61. The Labute approximate surface area is 169 Å². The highest BCUT2D eigenvalue weighted by Crippen LogP contribution is 2.21. The lowest BCUT2D eigenvalue weighted by Gasteiger charge is -2.26. The summed E-state index contributed by atoms with van der Waals surface area (Å²) >= 11 is 0. The first-order valence-corrected chi connectivity index (χ1v) is 9.94. The molecule has 0 atom stereocenters. The minimum atomic E-state index is 0.0208. The van der Waals surface area contributed by atoms with E-state index in [0.717, 1.165) is 31.3 Å². The van der Waals surface area contributed by atoms with Gasteiger partial charge in [-0.25, -0.2) is 4.99 Å². The van der Waals surface area contributed by atoms with Gasteiger partial charge in [-0.2, -0.15) is 0 Å². The quantitative estimate of drug-likeness (QED) is 0.333. The molecule has 0 spiro atoms. The van der Waals surface area contributed by atoms with Crippen molar-refractivity contribution in [2.45, 2.75) is 32.7 Å². The molecule has 0 aliphatic heterocycles.